The molecule has 0 bridgehead atoms. The van der Waals surface area contributed by atoms with Crippen LogP contribution in [0.15, 0.2) is 67.3 Å². The van der Waals surface area contributed by atoms with Gasteiger partial charge >= 0.3 is 0 Å². The first-order valence-electron chi connectivity index (χ1n) is 8.58. The molecule has 1 aromatic heterocycles. The first kappa shape index (κ1) is 17.0. The lowest BCUT2D eigenvalue weighted by atomic mass is 10.0. The molecule has 25 heavy (non-hydrogen) atoms. The smallest absolute Gasteiger partial charge is 0.251 e. The van der Waals surface area contributed by atoms with E-state index in [0.29, 0.717) is 5.56 Å². The van der Waals surface area contributed by atoms with Gasteiger partial charge < -0.3 is 9.88 Å². The average molecular weight is 333 g/mol. The maximum atomic E-state index is 12.6. The fourth-order valence-corrected chi connectivity index (χ4v) is 2.81. The number of hydrogen-bond acceptors (Lipinski definition) is 2. The zero-order valence-electron chi connectivity index (χ0n) is 14.6. The summed E-state index contributed by atoms with van der Waals surface area (Å²) in [6.07, 6.45) is 6.33. The number of rotatable bonds is 6. The van der Waals surface area contributed by atoms with Crippen molar-refractivity contribution in [3.8, 4) is 0 Å². The summed E-state index contributed by atoms with van der Waals surface area (Å²) in [6, 6.07) is 16.1. The van der Waals surface area contributed by atoms with Gasteiger partial charge in [-0.15, -0.1) is 0 Å². The van der Waals surface area contributed by atoms with Crippen molar-refractivity contribution in [3.63, 3.8) is 0 Å². The van der Waals surface area contributed by atoms with E-state index >= 15 is 0 Å². The summed E-state index contributed by atoms with van der Waals surface area (Å²) in [5.74, 6) is -0.0402. The molecule has 0 aliphatic rings. The van der Waals surface area contributed by atoms with Gasteiger partial charge in [0.2, 0.25) is 0 Å². The quantitative estimate of drug-likeness (QED) is 0.737. The molecule has 0 saturated heterocycles. The zero-order valence-corrected chi connectivity index (χ0v) is 14.6. The second-order valence-electron chi connectivity index (χ2n) is 6.28. The summed E-state index contributed by atoms with van der Waals surface area (Å²) >= 11 is 0. The van der Waals surface area contributed by atoms with Crippen molar-refractivity contribution in [2.24, 2.45) is 0 Å². The van der Waals surface area contributed by atoms with Crippen LogP contribution in [0.25, 0.3) is 0 Å². The van der Waals surface area contributed by atoms with E-state index in [2.05, 4.69) is 48.4 Å². The molecule has 0 aliphatic carbocycles. The maximum absolute atomic E-state index is 12.6. The van der Waals surface area contributed by atoms with E-state index in [1.165, 1.54) is 5.56 Å². The van der Waals surface area contributed by atoms with Crippen LogP contribution in [0, 0.1) is 6.92 Å². The van der Waals surface area contributed by atoms with Gasteiger partial charge in [-0.05, 0) is 36.6 Å². The summed E-state index contributed by atoms with van der Waals surface area (Å²) in [6.45, 7) is 4.90. The first-order valence-corrected chi connectivity index (χ1v) is 8.58. The van der Waals surface area contributed by atoms with Crippen LogP contribution in [0.1, 0.15) is 46.4 Å². The predicted octanol–water partition coefficient (Wildman–Crippen LogP) is 4.12. The third kappa shape index (κ3) is 4.35. The maximum Gasteiger partial charge on any atom is 0.251 e. The average Bonchev–Trinajstić information content (AvgIpc) is 3.14. The van der Waals surface area contributed by atoms with E-state index in [0.717, 1.165) is 24.1 Å². The molecule has 0 radical (unpaired) electrons. The lowest BCUT2D eigenvalue weighted by molar-refractivity contribution is 0.0935. The Morgan fingerprint density at radius 1 is 1.12 bits per heavy atom. The molecule has 0 unspecified atom stereocenters. The van der Waals surface area contributed by atoms with Crippen LogP contribution in [0.5, 0.6) is 0 Å². The van der Waals surface area contributed by atoms with Crippen LogP contribution in [0.4, 0.5) is 0 Å². The number of nitrogens with zero attached hydrogens (tertiary/aromatic N) is 2. The van der Waals surface area contributed by atoms with Gasteiger partial charge in [0.25, 0.3) is 5.91 Å². The van der Waals surface area contributed by atoms with Crippen molar-refractivity contribution in [2.45, 2.75) is 32.9 Å². The van der Waals surface area contributed by atoms with Crippen LogP contribution in [-0.4, -0.2) is 15.5 Å². The van der Waals surface area contributed by atoms with Gasteiger partial charge in [0.1, 0.15) is 0 Å². The molecule has 3 aromatic rings. The Morgan fingerprint density at radius 2 is 1.84 bits per heavy atom. The Kier molecular flexibility index (Phi) is 5.29. The Morgan fingerprint density at radius 3 is 2.44 bits per heavy atom. The van der Waals surface area contributed by atoms with E-state index in [-0.39, 0.29) is 11.9 Å². The molecule has 128 valence electrons. The van der Waals surface area contributed by atoms with Gasteiger partial charge in [-0.2, -0.15) is 0 Å². The van der Waals surface area contributed by atoms with Crippen LogP contribution in [-0.2, 0) is 6.54 Å². The molecule has 0 saturated carbocycles. The summed E-state index contributed by atoms with van der Waals surface area (Å²) in [5.41, 5.74) is 4.18. The minimum Gasteiger partial charge on any atom is -0.345 e. The fourth-order valence-electron chi connectivity index (χ4n) is 2.81. The molecule has 1 heterocycles. The Balaban J connectivity index is 1.66. The second kappa shape index (κ2) is 7.79. The van der Waals surface area contributed by atoms with Gasteiger partial charge in [0.15, 0.2) is 0 Å². The molecule has 1 N–H and O–H groups in total. The third-order valence-electron chi connectivity index (χ3n) is 4.33. The molecule has 0 aliphatic heterocycles. The molecule has 3 rings (SSSR count). The summed E-state index contributed by atoms with van der Waals surface area (Å²) < 4.78 is 2.00. The van der Waals surface area contributed by atoms with E-state index in [9.17, 15) is 4.79 Å². The summed E-state index contributed by atoms with van der Waals surface area (Å²) in [5, 5.41) is 3.13. The number of carbonyl (C=O) groups excluding carboxylic acids is 1. The highest BCUT2D eigenvalue weighted by Gasteiger charge is 2.14. The molecule has 1 amide bonds. The van der Waals surface area contributed by atoms with Crippen molar-refractivity contribution in [2.75, 3.05) is 0 Å². The normalized spacial score (nSPS) is 11.9. The topological polar surface area (TPSA) is 46.9 Å². The van der Waals surface area contributed by atoms with E-state index < -0.39 is 0 Å². The van der Waals surface area contributed by atoms with Crippen molar-refractivity contribution >= 4 is 5.91 Å². The highest BCUT2D eigenvalue weighted by molar-refractivity contribution is 5.94. The molecule has 1 atom stereocenters. The zero-order chi connectivity index (χ0) is 17.6. The number of aromatic nitrogens is 2. The van der Waals surface area contributed by atoms with E-state index in [1.807, 2.05) is 35.0 Å². The number of carbonyl (C=O) groups is 1. The standard InChI is InChI=1S/C21H23N3O/c1-3-20(18-8-4-16(2)5-9-18)23-21(25)19-10-6-17(7-11-19)14-24-13-12-22-15-24/h4-13,15,20H,3,14H2,1-2H3,(H,23,25)/t20-/m0/s1. The minimum absolute atomic E-state index is 0.0266. The van der Waals surface area contributed by atoms with Crippen molar-refractivity contribution in [1.82, 2.24) is 14.9 Å². The van der Waals surface area contributed by atoms with Gasteiger partial charge in [0, 0.05) is 24.5 Å². The minimum atomic E-state index is -0.0402. The lowest BCUT2D eigenvalue weighted by Gasteiger charge is -2.18. The largest absolute Gasteiger partial charge is 0.345 e. The number of benzene rings is 2. The SMILES string of the molecule is CC[C@H](NC(=O)c1ccc(Cn2ccnc2)cc1)c1ccc(C)cc1. The number of imidazole rings is 1. The van der Waals surface area contributed by atoms with Crippen LogP contribution in [0.2, 0.25) is 0 Å². The van der Waals surface area contributed by atoms with E-state index in [4.69, 9.17) is 0 Å². The van der Waals surface area contributed by atoms with Gasteiger partial charge in [-0.3, -0.25) is 4.79 Å². The Hall–Kier alpha value is -2.88. The molecular weight excluding hydrogens is 310 g/mol. The Bertz CT molecular complexity index is 805. The van der Waals surface area contributed by atoms with Gasteiger partial charge in [-0.1, -0.05) is 48.9 Å². The number of aryl methyl sites for hydroxylation is 1. The Labute approximate surface area is 148 Å². The van der Waals surface area contributed by atoms with Gasteiger partial charge in [0.05, 0.1) is 12.4 Å². The van der Waals surface area contributed by atoms with Crippen LogP contribution in [0.3, 0.4) is 0 Å². The van der Waals surface area contributed by atoms with Crippen molar-refractivity contribution < 1.29 is 4.79 Å². The van der Waals surface area contributed by atoms with Crippen molar-refractivity contribution in [3.05, 3.63) is 89.5 Å². The molecular formula is C21H23N3O. The van der Waals surface area contributed by atoms with Crippen LogP contribution >= 0.6 is 0 Å². The van der Waals surface area contributed by atoms with Gasteiger partial charge in [-0.25, -0.2) is 4.98 Å². The summed E-state index contributed by atoms with van der Waals surface area (Å²) in [4.78, 5) is 16.6. The predicted molar refractivity (Wildman–Crippen MR) is 99.4 cm³/mol. The molecule has 0 spiro atoms. The monoisotopic (exact) mass is 333 g/mol. The van der Waals surface area contributed by atoms with E-state index in [1.54, 1.807) is 12.5 Å². The molecule has 2 aromatic carbocycles. The second-order valence-corrected chi connectivity index (χ2v) is 6.28. The van der Waals surface area contributed by atoms with Crippen LogP contribution < -0.4 is 5.32 Å². The van der Waals surface area contributed by atoms with Crippen molar-refractivity contribution in [1.29, 1.82) is 0 Å². The highest BCUT2D eigenvalue weighted by atomic mass is 16.1. The fraction of sp³-hybridized carbons (Fsp3) is 0.238. The first-order chi connectivity index (χ1) is 12.2. The third-order valence-corrected chi connectivity index (χ3v) is 4.33. The molecule has 4 heteroatoms. The number of hydrogen-bond donors (Lipinski definition) is 1. The molecule has 4 nitrogen and oxygen atoms in total. The number of nitrogens with one attached hydrogen (secondary N) is 1. The summed E-state index contributed by atoms with van der Waals surface area (Å²) in [7, 11) is 0. The number of amides is 1. The lowest BCUT2D eigenvalue weighted by Crippen LogP contribution is -2.28. The highest BCUT2D eigenvalue weighted by Crippen LogP contribution is 2.18. The molecule has 0 fully saturated rings.